The predicted molar refractivity (Wildman–Crippen MR) is 126 cm³/mol. The Morgan fingerprint density at radius 3 is 2.70 bits per heavy atom. The second-order valence-electron chi connectivity index (χ2n) is 7.16. The molecule has 0 bridgehead atoms. The minimum atomic E-state index is -0.0217. The number of aryl methyl sites for hydroxylation is 1. The van der Waals surface area contributed by atoms with Crippen LogP contribution in [0.1, 0.15) is 6.92 Å². The number of amides is 1. The van der Waals surface area contributed by atoms with Crippen molar-refractivity contribution in [1.29, 1.82) is 0 Å². The van der Waals surface area contributed by atoms with Crippen LogP contribution >= 0.6 is 11.8 Å². The molecule has 5 heteroatoms. The zero-order valence-corrected chi connectivity index (χ0v) is 17.4. The molecule has 5 rings (SSSR count). The summed E-state index contributed by atoms with van der Waals surface area (Å²) >= 11 is 1.51. The molecule has 0 spiro atoms. The molecule has 0 atom stereocenters. The zero-order valence-electron chi connectivity index (χ0n) is 16.6. The van der Waals surface area contributed by atoms with Crippen molar-refractivity contribution in [3.63, 3.8) is 0 Å². The standard InChI is InChI=1S/C25H21N3OS/c1-2-28-21-10-4-3-9-19(21)20-15-18(12-13-22(20)28)27-24(29)16-30-23-11-5-7-17-8-6-14-26-25(17)23/h3-15H,2,16H2,1H3,(H,27,29). The van der Waals surface area contributed by atoms with E-state index in [0.29, 0.717) is 5.75 Å². The third kappa shape index (κ3) is 3.31. The number of hydrogen-bond donors (Lipinski definition) is 1. The normalized spacial score (nSPS) is 11.4. The van der Waals surface area contributed by atoms with Crippen LogP contribution in [0.2, 0.25) is 0 Å². The van der Waals surface area contributed by atoms with Gasteiger partial charge in [-0.25, -0.2) is 0 Å². The first-order chi connectivity index (χ1) is 14.7. The van der Waals surface area contributed by atoms with Crippen LogP contribution in [-0.2, 0) is 11.3 Å². The molecule has 0 aliphatic carbocycles. The lowest BCUT2D eigenvalue weighted by molar-refractivity contribution is -0.113. The Labute approximate surface area is 178 Å². The monoisotopic (exact) mass is 411 g/mol. The van der Waals surface area contributed by atoms with Crippen molar-refractivity contribution in [3.05, 3.63) is 79.0 Å². The first-order valence-corrected chi connectivity index (χ1v) is 11.0. The molecule has 0 unspecified atom stereocenters. The number of para-hydroxylation sites is 2. The number of carbonyl (C=O) groups excluding carboxylic acids is 1. The van der Waals surface area contributed by atoms with Crippen LogP contribution in [0, 0.1) is 0 Å². The van der Waals surface area contributed by atoms with Gasteiger partial charge in [-0.05, 0) is 43.3 Å². The molecule has 1 N–H and O–H groups in total. The molecular weight excluding hydrogens is 390 g/mol. The Balaban J connectivity index is 1.37. The van der Waals surface area contributed by atoms with Crippen molar-refractivity contribution in [2.45, 2.75) is 18.4 Å². The number of nitrogens with zero attached hydrogens (tertiary/aromatic N) is 2. The van der Waals surface area contributed by atoms with Gasteiger partial charge in [0.2, 0.25) is 5.91 Å². The number of carbonyl (C=O) groups is 1. The van der Waals surface area contributed by atoms with Crippen molar-refractivity contribution in [3.8, 4) is 0 Å². The largest absolute Gasteiger partial charge is 0.341 e. The van der Waals surface area contributed by atoms with E-state index in [1.165, 1.54) is 28.2 Å². The van der Waals surface area contributed by atoms with Crippen LogP contribution in [0.4, 0.5) is 5.69 Å². The maximum atomic E-state index is 12.6. The quantitative estimate of drug-likeness (QED) is 0.356. The lowest BCUT2D eigenvalue weighted by atomic mass is 10.1. The minimum Gasteiger partial charge on any atom is -0.341 e. The van der Waals surface area contributed by atoms with Crippen molar-refractivity contribution in [2.24, 2.45) is 0 Å². The van der Waals surface area contributed by atoms with Gasteiger partial charge in [0.25, 0.3) is 0 Å². The molecule has 2 heterocycles. The van der Waals surface area contributed by atoms with E-state index in [9.17, 15) is 4.79 Å². The van der Waals surface area contributed by atoms with Crippen LogP contribution in [0.3, 0.4) is 0 Å². The Hall–Kier alpha value is -3.31. The second-order valence-corrected chi connectivity index (χ2v) is 8.18. The van der Waals surface area contributed by atoms with E-state index in [1.807, 2.05) is 36.4 Å². The van der Waals surface area contributed by atoms with Gasteiger partial charge in [0.15, 0.2) is 0 Å². The van der Waals surface area contributed by atoms with Gasteiger partial charge in [-0.2, -0.15) is 0 Å². The smallest absolute Gasteiger partial charge is 0.234 e. The molecule has 1 amide bonds. The molecule has 4 nitrogen and oxygen atoms in total. The van der Waals surface area contributed by atoms with Gasteiger partial charge >= 0.3 is 0 Å². The van der Waals surface area contributed by atoms with Crippen molar-refractivity contribution in [1.82, 2.24) is 9.55 Å². The van der Waals surface area contributed by atoms with Gasteiger partial charge in [0.1, 0.15) is 0 Å². The second kappa shape index (κ2) is 7.84. The number of nitrogens with one attached hydrogen (secondary N) is 1. The zero-order chi connectivity index (χ0) is 20.5. The van der Waals surface area contributed by atoms with E-state index >= 15 is 0 Å². The number of benzene rings is 3. The van der Waals surface area contributed by atoms with E-state index in [-0.39, 0.29) is 5.91 Å². The van der Waals surface area contributed by atoms with Gasteiger partial charge in [-0.3, -0.25) is 9.78 Å². The summed E-state index contributed by atoms with van der Waals surface area (Å²) in [6.07, 6.45) is 1.79. The molecule has 0 aliphatic heterocycles. The Kier molecular flexibility index (Phi) is 4.89. The van der Waals surface area contributed by atoms with Gasteiger partial charge in [-0.15, -0.1) is 11.8 Å². The molecule has 0 saturated heterocycles. The summed E-state index contributed by atoms with van der Waals surface area (Å²) in [7, 11) is 0. The highest BCUT2D eigenvalue weighted by atomic mass is 32.2. The lowest BCUT2D eigenvalue weighted by Gasteiger charge is -2.08. The number of pyridine rings is 1. The van der Waals surface area contributed by atoms with E-state index in [2.05, 4.69) is 58.2 Å². The molecule has 0 aliphatic rings. The molecular formula is C25H21N3OS. The summed E-state index contributed by atoms with van der Waals surface area (Å²) < 4.78 is 2.31. The maximum Gasteiger partial charge on any atom is 0.234 e. The lowest BCUT2D eigenvalue weighted by Crippen LogP contribution is -2.13. The highest BCUT2D eigenvalue weighted by molar-refractivity contribution is 8.00. The Bertz CT molecular complexity index is 1380. The van der Waals surface area contributed by atoms with Gasteiger partial charge in [0, 0.05) is 50.5 Å². The van der Waals surface area contributed by atoms with Crippen molar-refractivity contribution >= 4 is 56.1 Å². The number of aromatic nitrogens is 2. The summed E-state index contributed by atoms with van der Waals surface area (Å²) in [5, 5.41) is 6.51. The molecule has 5 aromatic rings. The highest BCUT2D eigenvalue weighted by Crippen LogP contribution is 2.31. The molecule has 0 saturated carbocycles. The molecule has 0 fully saturated rings. The Morgan fingerprint density at radius 2 is 1.80 bits per heavy atom. The Morgan fingerprint density at radius 1 is 0.967 bits per heavy atom. The fourth-order valence-corrected chi connectivity index (χ4v) is 4.85. The topological polar surface area (TPSA) is 46.9 Å². The van der Waals surface area contributed by atoms with E-state index in [1.54, 1.807) is 6.20 Å². The number of anilines is 1. The molecule has 148 valence electrons. The van der Waals surface area contributed by atoms with Gasteiger partial charge in [0.05, 0.1) is 11.3 Å². The average molecular weight is 412 g/mol. The summed E-state index contributed by atoms with van der Waals surface area (Å²) in [6, 6.07) is 24.6. The van der Waals surface area contributed by atoms with Crippen LogP contribution in [0.5, 0.6) is 0 Å². The molecule has 0 radical (unpaired) electrons. The van der Waals surface area contributed by atoms with Crippen molar-refractivity contribution in [2.75, 3.05) is 11.1 Å². The highest BCUT2D eigenvalue weighted by Gasteiger charge is 2.11. The summed E-state index contributed by atoms with van der Waals surface area (Å²) in [5.41, 5.74) is 4.17. The maximum absolute atomic E-state index is 12.6. The fraction of sp³-hybridized carbons (Fsp3) is 0.120. The van der Waals surface area contributed by atoms with E-state index in [4.69, 9.17) is 0 Å². The van der Waals surface area contributed by atoms with Crippen LogP contribution in [0.25, 0.3) is 32.7 Å². The first kappa shape index (κ1) is 18.7. The van der Waals surface area contributed by atoms with Crippen LogP contribution in [0.15, 0.2) is 83.9 Å². The number of thioether (sulfide) groups is 1. The van der Waals surface area contributed by atoms with Crippen LogP contribution < -0.4 is 5.32 Å². The SMILES string of the molecule is CCn1c2ccccc2c2cc(NC(=O)CSc3cccc4cccnc34)ccc21. The van der Waals surface area contributed by atoms with Gasteiger partial charge < -0.3 is 9.88 Å². The van der Waals surface area contributed by atoms with Crippen LogP contribution in [-0.4, -0.2) is 21.2 Å². The summed E-state index contributed by atoms with van der Waals surface area (Å²) in [6.45, 7) is 3.06. The summed E-state index contributed by atoms with van der Waals surface area (Å²) in [5.74, 6) is 0.316. The minimum absolute atomic E-state index is 0.0217. The predicted octanol–water partition coefficient (Wildman–Crippen LogP) is 6.09. The van der Waals surface area contributed by atoms with E-state index < -0.39 is 0 Å². The molecule has 30 heavy (non-hydrogen) atoms. The average Bonchev–Trinajstić information content (AvgIpc) is 3.10. The summed E-state index contributed by atoms with van der Waals surface area (Å²) in [4.78, 5) is 18.1. The van der Waals surface area contributed by atoms with Crippen molar-refractivity contribution < 1.29 is 4.79 Å². The van der Waals surface area contributed by atoms with Gasteiger partial charge in [-0.1, -0.05) is 36.4 Å². The third-order valence-corrected chi connectivity index (χ3v) is 6.37. The fourth-order valence-electron chi connectivity index (χ4n) is 4.01. The van der Waals surface area contributed by atoms with E-state index in [0.717, 1.165) is 33.4 Å². The number of fused-ring (bicyclic) bond motifs is 4. The first-order valence-electron chi connectivity index (χ1n) is 10.0. The number of rotatable bonds is 5. The number of hydrogen-bond acceptors (Lipinski definition) is 3. The third-order valence-electron chi connectivity index (χ3n) is 5.33. The molecule has 3 aromatic carbocycles. The molecule has 2 aromatic heterocycles.